The summed E-state index contributed by atoms with van der Waals surface area (Å²) in [5.41, 5.74) is 3.66. The van der Waals surface area contributed by atoms with E-state index in [2.05, 4.69) is 22.4 Å². The molecule has 3 aromatic heterocycles. The predicted molar refractivity (Wildman–Crippen MR) is 141 cm³/mol. The zero-order valence-electron chi connectivity index (χ0n) is 19.8. The average molecular weight is 521 g/mol. The Morgan fingerprint density at radius 1 is 1.22 bits per heavy atom. The van der Waals surface area contributed by atoms with Gasteiger partial charge in [0, 0.05) is 24.4 Å². The van der Waals surface area contributed by atoms with Crippen molar-refractivity contribution in [2.75, 3.05) is 19.1 Å². The van der Waals surface area contributed by atoms with Gasteiger partial charge >= 0.3 is 0 Å². The van der Waals surface area contributed by atoms with Crippen molar-refractivity contribution in [3.63, 3.8) is 0 Å². The molecule has 0 spiro atoms. The molecule has 36 heavy (non-hydrogen) atoms. The molecule has 1 saturated heterocycles. The summed E-state index contributed by atoms with van der Waals surface area (Å²) in [5.74, 6) is 1.16. The molecular formula is C26H25ClN6O2S. The topological polar surface area (TPSA) is 85.7 Å². The van der Waals surface area contributed by atoms with Crippen LogP contribution in [-0.4, -0.2) is 46.1 Å². The summed E-state index contributed by atoms with van der Waals surface area (Å²) in [4.78, 5) is 10.9. The highest BCUT2D eigenvalue weighted by Crippen LogP contribution is 2.49. The SMILES string of the molecule is Cc1nn2ccc(OCCCl)cc2c1-c1nc(-c2ccccc2)c(C2(C3CCCCO3)N=CN=N2)s1. The van der Waals surface area contributed by atoms with Crippen LogP contribution in [0.3, 0.4) is 0 Å². The maximum atomic E-state index is 6.23. The molecule has 5 heterocycles. The minimum Gasteiger partial charge on any atom is -0.492 e. The molecule has 0 aliphatic carbocycles. The lowest BCUT2D eigenvalue weighted by Gasteiger charge is -2.33. The van der Waals surface area contributed by atoms with Crippen LogP contribution in [0.1, 0.15) is 29.8 Å². The first-order valence-electron chi connectivity index (χ1n) is 12.0. The number of aromatic nitrogens is 3. The van der Waals surface area contributed by atoms with Crippen molar-refractivity contribution in [3.05, 3.63) is 59.2 Å². The molecule has 184 valence electrons. The van der Waals surface area contributed by atoms with Crippen LogP contribution in [0.15, 0.2) is 63.9 Å². The molecule has 2 aliphatic rings. The van der Waals surface area contributed by atoms with Gasteiger partial charge in [0.05, 0.1) is 33.2 Å². The smallest absolute Gasteiger partial charge is 0.234 e. The van der Waals surface area contributed by atoms with Gasteiger partial charge < -0.3 is 9.47 Å². The summed E-state index contributed by atoms with van der Waals surface area (Å²) in [6.45, 7) is 3.13. The molecule has 2 atom stereocenters. The van der Waals surface area contributed by atoms with Crippen molar-refractivity contribution in [1.82, 2.24) is 14.6 Å². The van der Waals surface area contributed by atoms with Crippen LogP contribution in [0.2, 0.25) is 0 Å². The van der Waals surface area contributed by atoms with Crippen LogP contribution < -0.4 is 4.74 Å². The van der Waals surface area contributed by atoms with Gasteiger partial charge in [-0.25, -0.2) is 14.5 Å². The van der Waals surface area contributed by atoms with Gasteiger partial charge in [0.25, 0.3) is 0 Å². The van der Waals surface area contributed by atoms with Gasteiger partial charge in [-0.1, -0.05) is 30.3 Å². The minimum atomic E-state index is -0.937. The van der Waals surface area contributed by atoms with Crippen molar-refractivity contribution < 1.29 is 9.47 Å². The number of fused-ring (bicyclic) bond motifs is 1. The summed E-state index contributed by atoms with van der Waals surface area (Å²) in [7, 11) is 0. The number of hydrogen-bond acceptors (Lipinski definition) is 8. The van der Waals surface area contributed by atoms with E-state index in [9.17, 15) is 0 Å². The standard InChI is InChI=1S/C26H25ClN6O2S/c1-17-22(20-15-19(34-14-11-27)10-12-33(20)31-17)25-30-23(18-7-3-2-4-8-18)24(36-25)26(28-16-29-32-26)21-9-5-6-13-35-21/h2-4,7-8,10,12,15-16,21H,5-6,9,11,13-14H2,1H3. The molecule has 8 nitrogen and oxygen atoms in total. The molecular weight excluding hydrogens is 496 g/mol. The van der Waals surface area contributed by atoms with Gasteiger partial charge in [0.15, 0.2) is 0 Å². The first-order chi connectivity index (χ1) is 17.7. The second kappa shape index (κ2) is 9.72. The lowest BCUT2D eigenvalue weighted by atomic mass is 9.93. The Morgan fingerprint density at radius 2 is 2.11 bits per heavy atom. The maximum Gasteiger partial charge on any atom is 0.234 e. The lowest BCUT2D eigenvalue weighted by molar-refractivity contribution is -0.0305. The number of thiazole rings is 1. The van der Waals surface area contributed by atoms with Crippen LogP contribution in [0.5, 0.6) is 5.75 Å². The fraction of sp³-hybridized carbons (Fsp3) is 0.346. The second-order valence-corrected chi connectivity index (χ2v) is 10.2. The van der Waals surface area contributed by atoms with E-state index in [0.29, 0.717) is 19.1 Å². The molecule has 4 aromatic rings. The number of nitrogens with zero attached hydrogens (tertiary/aromatic N) is 6. The first kappa shape index (κ1) is 23.3. The maximum absolute atomic E-state index is 6.23. The van der Waals surface area contributed by atoms with E-state index in [1.807, 2.05) is 48.0 Å². The highest BCUT2D eigenvalue weighted by Gasteiger charge is 2.48. The first-order valence-corrected chi connectivity index (χ1v) is 13.4. The number of azo groups is 1. The van der Waals surface area contributed by atoms with E-state index in [0.717, 1.165) is 62.9 Å². The number of aliphatic imine (C=N–C) groups is 1. The molecule has 0 bridgehead atoms. The number of alkyl halides is 1. The number of pyridine rings is 1. The zero-order valence-corrected chi connectivity index (χ0v) is 21.4. The van der Waals surface area contributed by atoms with Gasteiger partial charge in [0.1, 0.15) is 29.8 Å². The molecule has 0 amide bonds. The average Bonchev–Trinajstić information content (AvgIpc) is 3.65. The second-order valence-electron chi connectivity index (χ2n) is 8.79. The largest absolute Gasteiger partial charge is 0.492 e. The molecule has 2 unspecified atom stereocenters. The van der Waals surface area contributed by atoms with Crippen molar-refractivity contribution >= 4 is 34.8 Å². The zero-order chi connectivity index (χ0) is 24.5. The van der Waals surface area contributed by atoms with Crippen LogP contribution >= 0.6 is 22.9 Å². The van der Waals surface area contributed by atoms with Crippen LogP contribution in [0.25, 0.3) is 27.3 Å². The molecule has 0 N–H and O–H groups in total. The summed E-state index contributed by atoms with van der Waals surface area (Å²) in [6, 6.07) is 14.0. The molecule has 2 aliphatic heterocycles. The molecule has 1 aromatic carbocycles. The van der Waals surface area contributed by atoms with Gasteiger partial charge in [-0.3, -0.25) is 0 Å². The monoisotopic (exact) mass is 520 g/mol. The van der Waals surface area contributed by atoms with E-state index in [1.54, 1.807) is 11.3 Å². The number of aryl methyl sites for hydroxylation is 1. The van der Waals surface area contributed by atoms with Crippen molar-refractivity contribution in [3.8, 4) is 27.6 Å². The summed E-state index contributed by atoms with van der Waals surface area (Å²) < 4.78 is 13.9. The Bertz CT molecular complexity index is 1430. The summed E-state index contributed by atoms with van der Waals surface area (Å²) in [5, 5.41) is 14.4. The third-order valence-electron chi connectivity index (χ3n) is 6.49. The van der Waals surface area contributed by atoms with Gasteiger partial charge in [0.2, 0.25) is 5.66 Å². The third kappa shape index (κ3) is 4.01. The van der Waals surface area contributed by atoms with Crippen molar-refractivity contribution in [1.29, 1.82) is 0 Å². The lowest BCUT2D eigenvalue weighted by Crippen LogP contribution is -2.39. The third-order valence-corrected chi connectivity index (χ3v) is 7.84. The fourth-order valence-corrected chi connectivity index (χ4v) is 6.23. The van der Waals surface area contributed by atoms with Crippen molar-refractivity contribution in [2.24, 2.45) is 15.2 Å². The fourth-order valence-electron chi connectivity index (χ4n) is 4.83. The Hall–Kier alpha value is -3.14. The molecule has 6 rings (SSSR count). The van der Waals surface area contributed by atoms with Gasteiger partial charge in [-0.2, -0.15) is 5.10 Å². The van der Waals surface area contributed by atoms with Crippen LogP contribution in [0, 0.1) is 6.92 Å². The van der Waals surface area contributed by atoms with E-state index < -0.39 is 5.66 Å². The molecule has 0 radical (unpaired) electrons. The van der Waals surface area contributed by atoms with Crippen LogP contribution in [0.4, 0.5) is 0 Å². The number of rotatable bonds is 7. The van der Waals surface area contributed by atoms with E-state index in [1.165, 1.54) is 6.34 Å². The highest BCUT2D eigenvalue weighted by molar-refractivity contribution is 7.15. The Balaban J connectivity index is 1.54. The quantitative estimate of drug-likeness (QED) is 0.269. The molecule has 1 fully saturated rings. The molecule has 0 saturated carbocycles. The van der Waals surface area contributed by atoms with E-state index >= 15 is 0 Å². The molecule has 10 heteroatoms. The van der Waals surface area contributed by atoms with E-state index in [4.69, 9.17) is 36.1 Å². The normalized spacial score (nSPS) is 21.4. The van der Waals surface area contributed by atoms with Crippen molar-refractivity contribution in [2.45, 2.75) is 38.0 Å². The summed E-state index contributed by atoms with van der Waals surface area (Å²) >= 11 is 7.41. The highest BCUT2D eigenvalue weighted by atomic mass is 35.5. The van der Waals surface area contributed by atoms with E-state index in [-0.39, 0.29) is 6.10 Å². The number of hydrogen-bond donors (Lipinski definition) is 0. The summed E-state index contributed by atoms with van der Waals surface area (Å²) in [6.07, 6.45) is 6.23. The predicted octanol–water partition coefficient (Wildman–Crippen LogP) is 6.27. The number of benzene rings is 1. The van der Waals surface area contributed by atoms with Crippen LogP contribution in [-0.2, 0) is 10.4 Å². The Morgan fingerprint density at radius 3 is 2.86 bits per heavy atom. The Kier molecular flexibility index (Phi) is 6.29. The number of halogens is 1. The Labute approximate surface area is 217 Å². The van der Waals surface area contributed by atoms with Gasteiger partial charge in [-0.05, 0) is 32.3 Å². The number of ether oxygens (including phenoxy) is 2. The minimum absolute atomic E-state index is 0.190. The van der Waals surface area contributed by atoms with Gasteiger partial charge in [-0.15, -0.1) is 33.2 Å².